The molecular weight excluding hydrogens is 510 g/mol. The molecule has 3 aromatic carbocycles. The zero-order chi connectivity index (χ0) is 27.7. The summed E-state index contributed by atoms with van der Waals surface area (Å²) in [5, 5.41) is 10.3. The number of halogens is 2. The highest BCUT2D eigenvalue weighted by Crippen LogP contribution is 2.35. The van der Waals surface area contributed by atoms with Gasteiger partial charge in [-0.3, -0.25) is 14.4 Å². The summed E-state index contributed by atoms with van der Waals surface area (Å²) in [4.78, 5) is 31.4. The molecule has 1 saturated heterocycles. The van der Waals surface area contributed by atoms with Crippen LogP contribution in [0.4, 0.5) is 8.78 Å². The molecule has 2 atom stereocenters. The first-order valence-electron chi connectivity index (χ1n) is 12.3. The summed E-state index contributed by atoms with van der Waals surface area (Å²) in [6.45, 7) is 2.04. The molecule has 0 bridgehead atoms. The Kier molecular flexibility index (Phi) is 7.32. The van der Waals surface area contributed by atoms with Crippen LogP contribution in [-0.4, -0.2) is 47.6 Å². The number of nitrogens with one attached hydrogen (secondary N) is 1. The molecule has 0 radical (unpaired) electrons. The highest BCUT2D eigenvalue weighted by molar-refractivity contribution is 5.98. The molecule has 8 nitrogen and oxygen atoms in total. The minimum Gasteiger partial charge on any atom is -0.489 e. The van der Waals surface area contributed by atoms with Gasteiger partial charge in [0.25, 0.3) is 11.8 Å². The number of ether oxygens (including phenoxy) is 1. The Morgan fingerprint density at radius 2 is 1.92 bits per heavy atom. The summed E-state index contributed by atoms with van der Waals surface area (Å²) in [5.74, 6) is -2.34. The van der Waals surface area contributed by atoms with Gasteiger partial charge >= 0.3 is 0 Å². The predicted octanol–water partition coefficient (Wildman–Crippen LogP) is 4.52. The molecule has 0 unspecified atom stereocenters. The van der Waals surface area contributed by atoms with Gasteiger partial charge in [0.05, 0.1) is 24.9 Å². The number of benzene rings is 3. The monoisotopic (exact) mass is 536 g/mol. The number of nitrogens with zero attached hydrogens (tertiary/aromatic N) is 1. The van der Waals surface area contributed by atoms with E-state index in [0.717, 1.165) is 11.6 Å². The van der Waals surface area contributed by atoms with Gasteiger partial charge in [0, 0.05) is 17.7 Å². The molecule has 2 amide bonds. The first-order valence-corrected chi connectivity index (χ1v) is 12.3. The molecule has 0 saturated carbocycles. The zero-order valence-electron chi connectivity index (χ0n) is 21.2. The van der Waals surface area contributed by atoms with Gasteiger partial charge < -0.3 is 19.2 Å². The van der Waals surface area contributed by atoms with E-state index in [0.29, 0.717) is 28.0 Å². The third-order valence-corrected chi connectivity index (χ3v) is 6.76. The predicted molar refractivity (Wildman–Crippen MR) is 138 cm³/mol. The van der Waals surface area contributed by atoms with Crippen LogP contribution in [0.5, 0.6) is 5.75 Å². The highest BCUT2D eigenvalue weighted by Gasteiger charge is 2.41. The van der Waals surface area contributed by atoms with Crippen LogP contribution in [0, 0.1) is 18.6 Å². The average molecular weight is 537 g/mol. The molecule has 39 heavy (non-hydrogen) atoms. The van der Waals surface area contributed by atoms with Crippen molar-refractivity contribution in [2.24, 2.45) is 0 Å². The van der Waals surface area contributed by atoms with Crippen molar-refractivity contribution in [2.75, 3.05) is 13.7 Å². The molecule has 4 aromatic rings. The second kappa shape index (κ2) is 10.8. The van der Waals surface area contributed by atoms with Crippen molar-refractivity contribution >= 4 is 22.8 Å². The quantitative estimate of drug-likeness (QED) is 0.337. The molecule has 0 aliphatic carbocycles. The summed E-state index contributed by atoms with van der Waals surface area (Å²) in [5.41, 5.74) is 5.10. The molecule has 1 fully saturated rings. The van der Waals surface area contributed by atoms with Crippen molar-refractivity contribution < 1.29 is 37.5 Å². The van der Waals surface area contributed by atoms with E-state index in [9.17, 15) is 23.5 Å². The third-order valence-electron chi connectivity index (χ3n) is 6.76. The van der Waals surface area contributed by atoms with Crippen molar-refractivity contribution in [3.8, 4) is 16.9 Å². The van der Waals surface area contributed by atoms with Gasteiger partial charge in [0.15, 0.2) is 11.6 Å². The molecule has 1 aromatic heterocycles. The lowest BCUT2D eigenvalue weighted by Gasteiger charge is -2.25. The summed E-state index contributed by atoms with van der Waals surface area (Å²) < 4.78 is 39.9. The van der Waals surface area contributed by atoms with Crippen molar-refractivity contribution in [1.82, 2.24) is 10.4 Å². The molecule has 10 heteroatoms. The highest BCUT2D eigenvalue weighted by atomic mass is 19.2. The molecule has 1 aliphatic heterocycles. The zero-order valence-corrected chi connectivity index (χ0v) is 21.2. The SMILES string of the molecule is CONC(=O)[C@@H]1[C@@H](O)CCN1C(=O)c1cccc(COc2ccc(-c3cc(F)c(F)c4c(C)coc34)cc2)c1. The average Bonchev–Trinajstić information content (AvgIpc) is 3.52. The summed E-state index contributed by atoms with van der Waals surface area (Å²) in [6, 6.07) is 13.8. The van der Waals surface area contributed by atoms with Gasteiger partial charge in [-0.05, 0) is 60.4 Å². The molecule has 0 spiro atoms. The number of hydroxylamine groups is 1. The molecule has 5 rings (SSSR count). The van der Waals surface area contributed by atoms with Gasteiger partial charge in [-0.25, -0.2) is 14.3 Å². The number of aryl methyl sites for hydroxylation is 1. The maximum Gasteiger partial charge on any atom is 0.268 e. The summed E-state index contributed by atoms with van der Waals surface area (Å²) in [7, 11) is 1.28. The van der Waals surface area contributed by atoms with Gasteiger partial charge in [0.1, 0.15) is 24.0 Å². The number of aliphatic hydroxyl groups excluding tert-OH is 1. The van der Waals surface area contributed by atoms with Crippen molar-refractivity contribution in [1.29, 1.82) is 0 Å². The van der Waals surface area contributed by atoms with Crippen LogP contribution < -0.4 is 10.2 Å². The summed E-state index contributed by atoms with van der Waals surface area (Å²) in [6.07, 6.45) is 0.688. The fourth-order valence-corrected chi connectivity index (χ4v) is 4.84. The van der Waals surface area contributed by atoms with E-state index in [4.69, 9.17) is 9.15 Å². The minimum atomic E-state index is -1.04. The Balaban J connectivity index is 1.29. The molecule has 1 aliphatic rings. The van der Waals surface area contributed by atoms with Gasteiger partial charge in [-0.1, -0.05) is 24.3 Å². The minimum absolute atomic E-state index is 0.119. The fourth-order valence-electron chi connectivity index (χ4n) is 4.84. The smallest absolute Gasteiger partial charge is 0.268 e. The number of amides is 2. The van der Waals surface area contributed by atoms with Crippen molar-refractivity contribution in [3.05, 3.63) is 89.2 Å². The van der Waals surface area contributed by atoms with E-state index in [1.807, 2.05) is 0 Å². The van der Waals surface area contributed by atoms with Crippen LogP contribution in [-0.2, 0) is 16.2 Å². The lowest BCUT2D eigenvalue weighted by Crippen LogP contribution is -2.49. The Labute approximate surface area is 222 Å². The number of furan rings is 1. The topological polar surface area (TPSA) is 101 Å². The fraction of sp³-hybridized carbons (Fsp3) is 0.241. The first-order chi connectivity index (χ1) is 18.8. The van der Waals surface area contributed by atoms with Crippen molar-refractivity contribution in [3.63, 3.8) is 0 Å². The maximum absolute atomic E-state index is 14.3. The Bertz CT molecular complexity index is 1540. The van der Waals surface area contributed by atoms with Gasteiger partial charge in [-0.2, -0.15) is 0 Å². The Hall–Kier alpha value is -4.28. The maximum atomic E-state index is 14.3. The number of carbonyl (C=O) groups is 2. The van der Waals surface area contributed by atoms with E-state index in [1.165, 1.54) is 18.3 Å². The van der Waals surface area contributed by atoms with Gasteiger partial charge in [-0.15, -0.1) is 0 Å². The van der Waals surface area contributed by atoms with Crippen LogP contribution in [0.25, 0.3) is 22.1 Å². The number of aliphatic hydroxyl groups is 1. The second-order valence-electron chi connectivity index (χ2n) is 9.33. The largest absolute Gasteiger partial charge is 0.489 e. The van der Waals surface area contributed by atoms with Crippen LogP contribution >= 0.6 is 0 Å². The van der Waals surface area contributed by atoms with Crippen LogP contribution in [0.15, 0.2) is 65.3 Å². The Morgan fingerprint density at radius 1 is 1.15 bits per heavy atom. The van der Waals surface area contributed by atoms with E-state index in [2.05, 4.69) is 10.3 Å². The second-order valence-corrected chi connectivity index (χ2v) is 9.33. The van der Waals surface area contributed by atoms with E-state index < -0.39 is 29.7 Å². The lowest BCUT2D eigenvalue weighted by atomic mass is 10.0. The molecule has 2 N–H and O–H groups in total. The first kappa shape index (κ1) is 26.3. The molecule has 202 valence electrons. The van der Waals surface area contributed by atoms with Crippen LogP contribution in [0.2, 0.25) is 0 Å². The normalized spacial score (nSPS) is 17.0. The third kappa shape index (κ3) is 5.08. The van der Waals surface area contributed by atoms with Crippen LogP contribution in [0.3, 0.4) is 0 Å². The number of rotatable bonds is 7. The number of likely N-dealkylation sites (tertiary alicyclic amines) is 1. The summed E-state index contributed by atoms with van der Waals surface area (Å²) >= 11 is 0. The van der Waals surface area contributed by atoms with Crippen LogP contribution in [0.1, 0.15) is 27.9 Å². The standard InChI is InChI=1S/C29H26F2N2O6/c1-16-14-39-27-21(13-22(30)25(31)24(16)27)18-6-8-20(9-7-18)38-15-17-4-3-5-19(12-17)29(36)33-11-10-23(34)26(33)28(35)32-37-2/h3-9,12-14,23,26,34H,10-11,15H2,1-2H3,(H,32,35)/t23-,26-/m0/s1. The number of carbonyl (C=O) groups excluding carboxylic acids is 2. The molecular formula is C29H26F2N2O6. The van der Waals surface area contributed by atoms with E-state index in [1.54, 1.807) is 55.5 Å². The number of hydrogen-bond acceptors (Lipinski definition) is 6. The number of hydrogen-bond donors (Lipinski definition) is 2. The van der Waals surface area contributed by atoms with E-state index >= 15 is 0 Å². The van der Waals surface area contributed by atoms with E-state index in [-0.39, 0.29) is 36.4 Å². The van der Waals surface area contributed by atoms with Crippen molar-refractivity contribution in [2.45, 2.75) is 32.1 Å². The lowest BCUT2D eigenvalue weighted by molar-refractivity contribution is -0.137. The number of fused-ring (bicyclic) bond motifs is 1. The van der Waals surface area contributed by atoms with Gasteiger partial charge in [0.2, 0.25) is 0 Å². The molecule has 2 heterocycles. The Morgan fingerprint density at radius 3 is 2.67 bits per heavy atom.